The van der Waals surface area contributed by atoms with Gasteiger partial charge in [0.2, 0.25) is 0 Å². The fraction of sp³-hybridized carbons (Fsp3) is 0.235. The molecule has 3 nitrogen and oxygen atoms in total. The molecule has 1 N–H and O–H groups in total. The number of carboxylic acids is 1. The quantitative estimate of drug-likeness (QED) is 0.874. The lowest BCUT2D eigenvalue weighted by atomic mass is 10.1. The molecule has 0 aliphatic heterocycles. The van der Waals surface area contributed by atoms with Gasteiger partial charge in [-0.05, 0) is 35.2 Å². The Bertz CT molecular complexity index is 573. The van der Waals surface area contributed by atoms with Crippen molar-refractivity contribution in [3.8, 4) is 5.75 Å². The molecule has 2 rings (SSSR count). The zero-order chi connectivity index (χ0) is 14.4. The summed E-state index contributed by atoms with van der Waals surface area (Å²) in [6, 6.07) is 15.5. The molecule has 0 unspecified atom stereocenters. The predicted octanol–water partition coefficient (Wildman–Crippen LogP) is 3.46. The third kappa shape index (κ3) is 4.12. The van der Waals surface area contributed by atoms with E-state index < -0.39 is 5.97 Å². The second kappa shape index (κ2) is 6.75. The lowest BCUT2D eigenvalue weighted by molar-refractivity contribution is -0.136. The van der Waals surface area contributed by atoms with Crippen LogP contribution in [0, 0.1) is 0 Å². The van der Waals surface area contributed by atoms with Gasteiger partial charge in [-0.2, -0.15) is 0 Å². The summed E-state index contributed by atoms with van der Waals surface area (Å²) in [7, 11) is 0. The van der Waals surface area contributed by atoms with Crippen LogP contribution in [0.1, 0.15) is 23.6 Å². The zero-order valence-electron chi connectivity index (χ0n) is 11.5. The summed E-state index contributed by atoms with van der Waals surface area (Å²) in [5.41, 5.74) is 3.08. The summed E-state index contributed by atoms with van der Waals surface area (Å²) in [4.78, 5) is 10.6. The van der Waals surface area contributed by atoms with E-state index in [0.717, 1.165) is 23.3 Å². The first-order valence-corrected chi connectivity index (χ1v) is 6.68. The monoisotopic (exact) mass is 270 g/mol. The van der Waals surface area contributed by atoms with E-state index in [4.69, 9.17) is 9.84 Å². The molecule has 3 heteroatoms. The van der Waals surface area contributed by atoms with Crippen LogP contribution in [-0.2, 0) is 24.2 Å². The van der Waals surface area contributed by atoms with Gasteiger partial charge in [0.05, 0.1) is 6.42 Å². The Morgan fingerprint density at radius 1 is 1.05 bits per heavy atom. The second-order valence-electron chi connectivity index (χ2n) is 4.68. The Kier molecular flexibility index (Phi) is 4.77. The van der Waals surface area contributed by atoms with Gasteiger partial charge < -0.3 is 9.84 Å². The molecule has 0 radical (unpaired) electrons. The Morgan fingerprint density at radius 2 is 1.75 bits per heavy atom. The Hall–Kier alpha value is -2.29. The van der Waals surface area contributed by atoms with Crippen LogP contribution in [0.3, 0.4) is 0 Å². The van der Waals surface area contributed by atoms with Crippen LogP contribution < -0.4 is 4.74 Å². The molecule has 104 valence electrons. The summed E-state index contributed by atoms with van der Waals surface area (Å²) in [5, 5.41) is 8.71. The molecule has 0 aliphatic carbocycles. The average molecular weight is 270 g/mol. The van der Waals surface area contributed by atoms with Gasteiger partial charge >= 0.3 is 5.97 Å². The molecule has 0 aromatic heterocycles. The van der Waals surface area contributed by atoms with Crippen molar-refractivity contribution in [3.05, 3.63) is 65.2 Å². The molecule has 20 heavy (non-hydrogen) atoms. The van der Waals surface area contributed by atoms with Crippen molar-refractivity contribution in [2.45, 2.75) is 26.4 Å². The van der Waals surface area contributed by atoms with Crippen LogP contribution in [0.25, 0.3) is 0 Å². The normalized spacial score (nSPS) is 10.2. The van der Waals surface area contributed by atoms with Gasteiger partial charge in [-0.25, -0.2) is 0 Å². The lowest BCUT2D eigenvalue weighted by Crippen LogP contribution is -2.01. The van der Waals surface area contributed by atoms with E-state index in [1.807, 2.05) is 42.5 Å². The minimum absolute atomic E-state index is 0.0552. The molecule has 0 saturated carbocycles. The number of aryl methyl sites for hydroxylation is 1. The van der Waals surface area contributed by atoms with Gasteiger partial charge in [-0.15, -0.1) is 0 Å². The molecule has 0 saturated heterocycles. The van der Waals surface area contributed by atoms with Crippen LogP contribution in [0.2, 0.25) is 0 Å². The number of carbonyl (C=O) groups is 1. The van der Waals surface area contributed by atoms with Crippen molar-refractivity contribution in [2.24, 2.45) is 0 Å². The summed E-state index contributed by atoms with van der Waals surface area (Å²) >= 11 is 0. The highest BCUT2D eigenvalue weighted by molar-refractivity contribution is 5.70. The predicted molar refractivity (Wildman–Crippen MR) is 77.9 cm³/mol. The van der Waals surface area contributed by atoms with Gasteiger partial charge in [-0.3, -0.25) is 4.79 Å². The fourth-order valence-electron chi connectivity index (χ4n) is 1.95. The van der Waals surface area contributed by atoms with Crippen LogP contribution in [0.4, 0.5) is 0 Å². The number of hydrogen-bond acceptors (Lipinski definition) is 2. The Labute approximate surface area is 118 Å². The topological polar surface area (TPSA) is 46.5 Å². The van der Waals surface area contributed by atoms with Crippen LogP contribution >= 0.6 is 0 Å². The van der Waals surface area contributed by atoms with Crippen molar-refractivity contribution >= 4 is 5.97 Å². The highest BCUT2D eigenvalue weighted by Gasteiger charge is 2.01. The summed E-state index contributed by atoms with van der Waals surface area (Å²) in [6.45, 7) is 2.60. The van der Waals surface area contributed by atoms with E-state index in [-0.39, 0.29) is 6.42 Å². The number of aliphatic carboxylic acids is 1. The Balaban J connectivity index is 1.94. The van der Waals surface area contributed by atoms with Crippen molar-refractivity contribution in [1.82, 2.24) is 0 Å². The van der Waals surface area contributed by atoms with Crippen LogP contribution in [0.5, 0.6) is 5.75 Å². The molecule has 0 aliphatic rings. The van der Waals surface area contributed by atoms with Crippen molar-refractivity contribution < 1.29 is 14.6 Å². The highest BCUT2D eigenvalue weighted by atomic mass is 16.5. The van der Waals surface area contributed by atoms with Gasteiger partial charge in [0.15, 0.2) is 0 Å². The maximum absolute atomic E-state index is 10.6. The maximum atomic E-state index is 10.6. The third-order valence-corrected chi connectivity index (χ3v) is 3.09. The summed E-state index contributed by atoms with van der Waals surface area (Å²) in [6.07, 6.45) is 1.04. The van der Waals surface area contributed by atoms with E-state index >= 15 is 0 Å². The van der Waals surface area contributed by atoms with Crippen molar-refractivity contribution in [3.63, 3.8) is 0 Å². The van der Waals surface area contributed by atoms with Gasteiger partial charge in [0, 0.05) is 0 Å². The molecular weight excluding hydrogens is 252 g/mol. The first-order valence-electron chi connectivity index (χ1n) is 6.68. The SMILES string of the molecule is CCc1cccc(OCc2ccc(CC(=O)O)cc2)c1. The van der Waals surface area contributed by atoms with Crippen LogP contribution in [0.15, 0.2) is 48.5 Å². The average Bonchev–Trinajstić information content (AvgIpc) is 2.46. The van der Waals surface area contributed by atoms with Crippen molar-refractivity contribution in [1.29, 1.82) is 0 Å². The number of benzene rings is 2. The largest absolute Gasteiger partial charge is 0.489 e. The van der Waals surface area contributed by atoms with E-state index in [1.54, 1.807) is 0 Å². The standard InChI is InChI=1S/C17H18O3/c1-2-13-4-3-5-16(10-13)20-12-15-8-6-14(7-9-15)11-17(18)19/h3-10H,2,11-12H2,1H3,(H,18,19). The Morgan fingerprint density at radius 3 is 2.40 bits per heavy atom. The minimum atomic E-state index is -0.814. The zero-order valence-corrected chi connectivity index (χ0v) is 11.5. The number of hydrogen-bond donors (Lipinski definition) is 1. The summed E-state index contributed by atoms with van der Waals surface area (Å²) < 4.78 is 5.74. The number of carboxylic acid groups (broad SMARTS) is 1. The number of ether oxygens (including phenoxy) is 1. The van der Waals surface area contributed by atoms with E-state index in [9.17, 15) is 4.79 Å². The molecular formula is C17H18O3. The molecule has 2 aromatic carbocycles. The molecule has 0 atom stereocenters. The smallest absolute Gasteiger partial charge is 0.307 e. The van der Waals surface area contributed by atoms with Crippen LogP contribution in [-0.4, -0.2) is 11.1 Å². The molecule has 0 spiro atoms. The summed E-state index contributed by atoms with van der Waals surface area (Å²) in [5.74, 6) is 0.0457. The molecule has 0 amide bonds. The second-order valence-corrected chi connectivity index (χ2v) is 4.68. The first kappa shape index (κ1) is 14.1. The fourth-order valence-corrected chi connectivity index (χ4v) is 1.95. The minimum Gasteiger partial charge on any atom is -0.489 e. The molecule has 0 bridgehead atoms. The molecule has 2 aromatic rings. The molecule has 0 fully saturated rings. The third-order valence-electron chi connectivity index (χ3n) is 3.09. The maximum Gasteiger partial charge on any atom is 0.307 e. The van der Waals surface area contributed by atoms with E-state index in [0.29, 0.717) is 6.61 Å². The molecule has 0 heterocycles. The first-order chi connectivity index (χ1) is 9.67. The number of rotatable bonds is 6. The van der Waals surface area contributed by atoms with E-state index in [2.05, 4.69) is 13.0 Å². The van der Waals surface area contributed by atoms with E-state index in [1.165, 1.54) is 5.56 Å². The lowest BCUT2D eigenvalue weighted by Gasteiger charge is -2.08. The van der Waals surface area contributed by atoms with Crippen molar-refractivity contribution in [2.75, 3.05) is 0 Å². The van der Waals surface area contributed by atoms with Gasteiger partial charge in [0.1, 0.15) is 12.4 Å². The van der Waals surface area contributed by atoms with Gasteiger partial charge in [-0.1, -0.05) is 43.3 Å². The highest BCUT2D eigenvalue weighted by Crippen LogP contribution is 2.16. The van der Waals surface area contributed by atoms with Gasteiger partial charge in [0.25, 0.3) is 0 Å².